The summed E-state index contributed by atoms with van der Waals surface area (Å²) in [6.45, 7) is 3.02. The zero-order chi connectivity index (χ0) is 10.3. The molecule has 2 rings (SSSR count). The van der Waals surface area contributed by atoms with Crippen LogP contribution in [0.1, 0.15) is 24.2 Å². The molecule has 0 amide bonds. The van der Waals surface area contributed by atoms with E-state index in [2.05, 4.69) is 33.0 Å². The number of hydrogen-bond acceptors (Lipinski definition) is 2. The van der Waals surface area contributed by atoms with E-state index in [0.29, 0.717) is 0 Å². The van der Waals surface area contributed by atoms with Gasteiger partial charge in [0.1, 0.15) is 0 Å². The fourth-order valence-electron chi connectivity index (χ4n) is 1.73. The Labute approximate surface area is 93.2 Å². The molecule has 0 unspecified atom stereocenters. The van der Waals surface area contributed by atoms with Crippen molar-refractivity contribution in [2.75, 3.05) is 7.05 Å². The first-order chi connectivity index (χ1) is 6.59. The van der Waals surface area contributed by atoms with E-state index in [1.54, 1.807) is 0 Å². The van der Waals surface area contributed by atoms with Crippen LogP contribution in [0.2, 0.25) is 0 Å². The van der Waals surface area contributed by atoms with Gasteiger partial charge in [-0.15, -0.1) is 0 Å². The van der Waals surface area contributed by atoms with Crippen molar-refractivity contribution in [1.82, 2.24) is 14.7 Å². The molecule has 1 aromatic rings. The van der Waals surface area contributed by atoms with Crippen molar-refractivity contribution in [3.63, 3.8) is 0 Å². The minimum atomic E-state index is 0.803. The van der Waals surface area contributed by atoms with Crippen LogP contribution in [0.5, 0.6) is 0 Å². The fourth-order valence-corrected chi connectivity index (χ4v) is 2.19. The van der Waals surface area contributed by atoms with Gasteiger partial charge in [-0.2, -0.15) is 5.10 Å². The molecule has 0 aliphatic heterocycles. The van der Waals surface area contributed by atoms with Gasteiger partial charge in [-0.1, -0.05) is 0 Å². The summed E-state index contributed by atoms with van der Waals surface area (Å²) in [6, 6.07) is 0.803. The molecule has 1 aliphatic carbocycles. The Bertz CT molecular complexity index is 341. The van der Waals surface area contributed by atoms with Crippen LogP contribution in [0.3, 0.4) is 0 Å². The molecule has 0 saturated heterocycles. The van der Waals surface area contributed by atoms with Gasteiger partial charge in [-0.05, 0) is 42.7 Å². The summed E-state index contributed by atoms with van der Waals surface area (Å²) in [5.74, 6) is 0. The smallest absolute Gasteiger partial charge is 0.0739 e. The van der Waals surface area contributed by atoms with Crippen LogP contribution < -0.4 is 0 Å². The monoisotopic (exact) mass is 257 g/mol. The van der Waals surface area contributed by atoms with Crippen LogP contribution in [0, 0.1) is 6.92 Å². The van der Waals surface area contributed by atoms with Gasteiger partial charge in [0.05, 0.1) is 15.9 Å². The van der Waals surface area contributed by atoms with Crippen LogP contribution >= 0.6 is 15.9 Å². The van der Waals surface area contributed by atoms with Crippen molar-refractivity contribution in [2.24, 2.45) is 7.05 Å². The third kappa shape index (κ3) is 1.86. The molecule has 0 bridgehead atoms. The number of hydrogen-bond donors (Lipinski definition) is 0. The largest absolute Gasteiger partial charge is 0.298 e. The van der Waals surface area contributed by atoms with E-state index < -0.39 is 0 Å². The Morgan fingerprint density at radius 1 is 1.57 bits per heavy atom. The van der Waals surface area contributed by atoms with Crippen LogP contribution in [0.15, 0.2) is 4.47 Å². The van der Waals surface area contributed by atoms with Crippen molar-refractivity contribution < 1.29 is 0 Å². The molecule has 1 aliphatic rings. The zero-order valence-corrected chi connectivity index (χ0v) is 10.5. The normalized spacial score (nSPS) is 16.6. The fraction of sp³-hybridized carbons (Fsp3) is 0.700. The molecule has 3 nitrogen and oxygen atoms in total. The highest BCUT2D eigenvalue weighted by molar-refractivity contribution is 9.10. The molecule has 0 atom stereocenters. The molecule has 0 radical (unpaired) electrons. The molecule has 1 heterocycles. The Kier molecular flexibility index (Phi) is 2.66. The van der Waals surface area contributed by atoms with E-state index in [9.17, 15) is 0 Å². The Morgan fingerprint density at radius 2 is 2.21 bits per heavy atom. The summed E-state index contributed by atoms with van der Waals surface area (Å²) in [4.78, 5) is 2.40. The third-order valence-electron chi connectivity index (χ3n) is 2.83. The van der Waals surface area contributed by atoms with E-state index >= 15 is 0 Å². The van der Waals surface area contributed by atoms with E-state index in [4.69, 9.17) is 0 Å². The van der Waals surface area contributed by atoms with Gasteiger partial charge in [0.15, 0.2) is 0 Å². The highest BCUT2D eigenvalue weighted by Gasteiger charge is 2.27. The Morgan fingerprint density at radius 3 is 2.64 bits per heavy atom. The van der Waals surface area contributed by atoms with Gasteiger partial charge in [-0.25, -0.2) is 0 Å². The van der Waals surface area contributed by atoms with Crippen molar-refractivity contribution in [2.45, 2.75) is 32.4 Å². The van der Waals surface area contributed by atoms with Crippen LogP contribution in [-0.4, -0.2) is 27.8 Å². The molecule has 4 heteroatoms. The summed E-state index contributed by atoms with van der Waals surface area (Å²) in [6.07, 6.45) is 2.70. The second-order valence-electron chi connectivity index (χ2n) is 4.12. The lowest BCUT2D eigenvalue weighted by Crippen LogP contribution is -2.21. The maximum absolute atomic E-state index is 4.39. The molecule has 78 valence electrons. The molecule has 1 fully saturated rings. The second kappa shape index (κ2) is 3.66. The lowest BCUT2D eigenvalue weighted by Gasteiger charge is -2.15. The van der Waals surface area contributed by atoms with Gasteiger partial charge in [-0.3, -0.25) is 9.58 Å². The Balaban J connectivity index is 2.14. The summed E-state index contributed by atoms with van der Waals surface area (Å²) in [5, 5.41) is 4.39. The molecular weight excluding hydrogens is 242 g/mol. The first-order valence-corrected chi connectivity index (χ1v) is 5.77. The quantitative estimate of drug-likeness (QED) is 0.827. The van der Waals surface area contributed by atoms with Crippen molar-refractivity contribution >= 4 is 15.9 Å². The second-order valence-corrected chi connectivity index (χ2v) is 4.91. The van der Waals surface area contributed by atoms with Gasteiger partial charge < -0.3 is 0 Å². The highest BCUT2D eigenvalue weighted by atomic mass is 79.9. The van der Waals surface area contributed by atoms with Gasteiger partial charge >= 0.3 is 0 Å². The lowest BCUT2D eigenvalue weighted by molar-refractivity contribution is 0.306. The van der Waals surface area contributed by atoms with Gasteiger partial charge in [0.25, 0.3) is 0 Å². The predicted octanol–water partition coefficient (Wildman–Crippen LogP) is 2.09. The first kappa shape index (κ1) is 10.2. The maximum atomic E-state index is 4.39. The maximum Gasteiger partial charge on any atom is 0.0739 e. The summed E-state index contributed by atoms with van der Waals surface area (Å²) >= 11 is 3.59. The van der Waals surface area contributed by atoms with Crippen molar-refractivity contribution in [3.05, 3.63) is 15.9 Å². The van der Waals surface area contributed by atoms with Crippen LogP contribution in [0.4, 0.5) is 0 Å². The predicted molar refractivity (Wildman–Crippen MR) is 60.1 cm³/mol. The molecule has 0 spiro atoms. The molecule has 0 N–H and O–H groups in total. The molecular formula is C10H16BrN3. The minimum Gasteiger partial charge on any atom is -0.298 e. The summed E-state index contributed by atoms with van der Waals surface area (Å²) in [7, 11) is 4.19. The minimum absolute atomic E-state index is 0.803. The molecule has 1 saturated carbocycles. The van der Waals surface area contributed by atoms with Gasteiger partial charge in [0.2, 0.25) is 0 Å². The lowest BCUT2D eigenvalue weighted by atomic mass is 10.3. The number of aromatic nitrogens is 2. The van der Waals surface area contributed by atoms with Crippen LogP contribution in [0.25, 0.3) is 0 Å². The van der Waals surface area contributed by atoms with E-state index in [0.717, 1.165) is 22.8 Å². The third-order valence-corrected chi connectivity index (χ3v) is 3.86. The standard InChI is InChI=1S/C10H16BrN3/c1-7-10(11)9(14(3)12-7)6-13(2)8-4-5-8/h8H,4-6H2,1-3H3. The number of rotatable bonds is 3. The van der Waals surface area contributed by atoms with Crippen molar-refractivity contribution in [1.29, 1.82) is 0 Å². The number of aryl methyl sites for hydroxylation is 2. The summed E-state index contributed by atoms with van der Waals surface area (Å²) < 4.78 is 3.13. The molecule has 1 aromatic heterocycles. The molecule has 0 aromatic carbocycles. The van der Waals surface area contributed by atoms with E-state index in [1.165, 1.54) is 18.5 Å². The Hall–Kier alpha value is -0.350. The summed E-state index contributed by atoms with van der Waals surface area (Å²) in [5.41, 5.74) is 2.35. The average Bonchev–Trinajstić information content (AvgIpc) is 2.91. The van der Waals surface area contributed by atoms with E-state index in [1.807, 2.05) is 18.7 Å². The van der Waals surface area contributed by atoms with Crippen molar-refractivity contribution in [3.8, 4) is 0 Å². The molecule has 14 heavy (non-hydrogen) atoms. The van der Waals surface area contributed by atoms with Crippen LogP contribution in [-0.2, 0) is 13.6 Å². The SMILES string of the molecule is Cc1nn(C)c(CN(C)C2CC2)c1Br. The van der Waals surface area contributed by atoms with E-state index in [-0.39, 0.29) is 0 Å². The zero-order valence-electron chi connectivity index (χ0n) is 8.92. The topological polar surface area (TPSA) is 21.1 Å². The average molecular weight is 258 g/mol. The number of nitrogens with zero attached hydrogens (tertiary/aromatic N) is 3. The van der Waals surface area contributed by atoms with Gasteiger partial charge in [0, 0.05) is 19.6 Å². The first-order valence-electron chi connectivity index (χ1n) is 4.98. The number of halogens is 1. The highest BCUT2D eigenvalue weighted by Crippen LogP contribution is 2.28.